The smallest absolute Gasteiger partial charge is 0.177 e. The van der Waals surface area contributed by atoms with Crippen molar-refractivity contribution < 1.29 is 0 Å². The zero-order chi connectivity index (χ0) is 14.1. The molecule has 0 atom stereocenters. The molecule has 0 radical (unpaired) electrons. The van der Waals surface area contributed by atoms with Crippen LogP contribution in [0.3, 0.4) is 0 Å². The van der Waals surface area contributed by atoms with Crippen molar-refractivity contribution in [1.82, 2.24) is 25.1 Å². The Bertz CT molecular complexity index is 602. The molecule has 0 spiro atoms. The Balaban J connectivity index is 1.28. The zero-order valence-electron chi connectivity index (χ0n) is 12.0. The number of rotatable bonds is 4. The summed E-state index contributed by atoms with van der Waals surface area (Å²) in [6, 6.07) is 4.75. The molecule has 2 aliphatic heterocycles. The Morgan fingerprint density at radius 2 is 2.10 bits per heavy atom. The van der Waals surface area contributed by atoms with Crippen molar-refractivity contribution in [3.8, 4) is 0 Å². The van der Waals surface area contributed by atoms with E-state index in [0.717, 1.165) is 43.1 Å². The van der Waals surface area contributed by atoms with Gasteiger partial charge >= 0.3 is 0 Å². The third-order valence-electron chi connectivity index (χ3n) is 4.35. The van der Waals surface area contributed by atoms with Crippen LogP contribution in [-0.4, -0.2) is 57.0 Å². The van der Waals surface area contributed by atoms with Crippen LogP contribution in [0.1, 0.15) is 12.8 Å². The second-order valence-electron chi connectivity index (χ2n) is 5.89. The van der Waals surface area contributed by atoms with Crippen LogP contribution in [0.25, 0.3) is 5.65 Å². The molecule has 1 N–H and O–H groups in total. The molecule has 0 aliphatic carbocycles. The van der Waals surface area contributed by atoms with Crippen LogP contribution in [0.5, 0.6) is 0 Å². The van der Waals surface area contributed by atoms with E-state index in [2.05, 4.69) is 37.3 Å². The molecule has 0 amide bonds. The fourth-order valence-corrected chi connectivity index (χ4v) is 4.11. The summed E-state index contributed by atoms with van der Waals surface area (Å²) in [4.78, 5) is 2.32. The number of nitrogens with zero attached hydrogens (tertiary/aromatic N) is 5. The van der Waals surface area contributed by atoms with Gasteiger partial charge < -0.3 is 10.2 Å². The second kappa shape index (κ2) is 5.81. The van der Waals surface area contributed by atoms with Gasteiger partial charge in [-0.2, -0.15) is 16.3 Å². The Kier molecular flexibility index (Phi) is 3.69. The summed E-state index contributed by atoms with van der Waals surface area (Å²) in [5.74, 6) is 4.40. The van der Waals surface area contributed by atoms with Gasteiger partial charge in [-0.05, 0) is 36.5 Å². The molecule has 4 heterocycles. The molecule has 2 aromatic rings. The van der Waals surface area contributed by atoms with Crippen LogP contribution in [0, 0.1) is 5.92 Å². The first kappa shape index (κ1) is 13.3. The van der Waals surface area contributed by atoms with Gasteiger partial charge in [-0.15, -0.1) is 15.3 Å². The average molecular weight is 304 g/mol. The summed E-state index contributed by atoms with van der Waals surface area (Å²) >= 11 is 2.08. The SMILES string of the molecule is c1cc2nncn2nc1N1CC(CNC2CCSCC2)C1. The molecule has 2 aliphatic rings. The highest BCUT2D eigenvalue weighted by molar-refractivity contribution is 7.99. The normalized spacial score (nSPS) is 20.9. The number of thioether (sulfide) groups is 1. The summed E-state index contributed by atoms with van der Waals surface area (Å²) in [5, 5.41) is 16.1. The lowest BCUT2D eigenvalue weighted by Gasteiger charge is -2.41. The summed E-state index contributed by atoms with van der Waals surface area (Å²) in [6.07, 6.45) is 4.30. The van der Waals surface area contributed by atoms with Crippen molar-refractivity contribution >= 4 is 23.2 Å². The maximum atomic E-state index is 4.54. The fourth-order valence-electron chi connectivity index (χ4n) is 3.01. The Morgan fingerprint density at radius 1 is 1.24 bits per heavy atom. The molecular formula is C14H20N6S. The summed E-state index contributed by atoms with van der Waals surface area (Å²) in [5.41, 5.74) is 0.799. The van der Waals surface area contributed by atoms with E-state index in [1.165, 1.54) is 24.3 Å². The van der Waals surface area contributed by atoms with Gasteiger partial charge in [-0.3, -0.25) is 0 Å². The maximum Gasteiger partial charge on any atom is 0.177 e. The van der Waals surface area contributed by atoms with E-state index in [4.69, 9.17) is 0 Å². The van der Waals surface area contributed by atoms with Crippen molar-refractivity contribution in [2.75, 3.05) is 36.0 Å². The lowest BCUT2D eigenvalue weighted by atomic mass is 9.99. The molecule has 0 saturated carbocycles. The monoisotopic (exact) mass is 304 g/mol. The van der Waals surface area contributed by atoms with Gasteiger partial charge in [-0.25, -0.2) is 0 Å². The highest BCUT2D eigenvalue weighted by atomic mass is 32.2. The van der Waals surface area contributed by atoms with E-state index < -0.39 is 0 Å². The topological polar surface area (TPSA) is 58.4 Å². The number of anilines is 1. The summed E-state index contributed by atoms with van der Waals surface area (Å²) in [6.45, 7) is 3.32. The molecule has 7 heteroatoms. The molecule has 21 heavy (non-hydrogen) atoms. The van der Waals surface area contributed by atoms with Crippen molar-refractivity contribution in [3.63, 3.8) is 0 Å². The average Bonchev–Trinajstić information content (AvgIpc) is 2.94. The Morgan fingerprint density at radius 3 is 2.95 bits per heavy atom. The molecule has 112 valence electrons. The molecular weight excluding hydrogens is 284 g/mol. The third-order valence-corrected chi connectivity index (χ3v) is 5.39. The third kappa shape index (κ3) is 2.85. The van der Waals surface area contributed by atoms with Gasteiger partial charge in [-0.1, -0.05) is 0 Å². The van der Waals surface area contributed by atoms with E-state index in [9.17, 15) is 0 Å². The minimum atomic E-state index is 0.742. The molecule has 0 bridgehead atoms. The summed E-state index contributed by atoms with van der Waals surface area (Å²) < 4.78 is 1.74. The highest BCUT2D eigenvalue weighted by Crippen LogP contribution is 2.23. The molecule has 2 aromatic heterocycles. The lowest BCUT2D eigenvalue weighted by molar-refractivity contribution is 0.351. The predicted molar refractivity (Wildman–Crippen MR) is 84.8 cm³/mol. The van der Waals surface area contributed by atoms with Crippen molar-refractivity contribution in [2.45, 2.75) is 18.9 Å². The molecule has 0 unspecified atom stereocenters. The number of hydrogen-bond acceptors (Lipinski definition) is 6. The molecule has 2 fully saturated rings. The zero-order valence-corrected chi connectivity index (χ0v) is 12.8. The van der Waals surface area contributed by atoms with Gasteiger partial charge in [0.1, 0.15) is 12.1 Å². The van der Waals surface area contributed by atoms with E-state index in [1.54, 1.807) is 10.8 Å². The van der Waals surface area contributed by atoms with Gasteiger partial charge in [0.25, 0.3) is 0 Å². The molecule has 0 aromatic carbocycles. The van der Waals surface area contributed by atoms with Crippen LogP contribution in [-0.2, 0) is 0 Å². The summed E-state index contributed by atoms with van der Waals surface area (Å²) in [7, 11) is 0. The number of aromatic nitrogens is 4. The van der Waals surface area contributed by atoms with Crippen LogP contribution < -0.4 is 10.2 Å². The van der Waals surface area contributed by atoms with Crippen molar-refractivity contribution in [3.05, 3.63) is 18.5 Å². The number of nitrogens with one attached hydrogen (secondary N) is 1. The predicted octanol–water partition coefficient (Wildman–Crippen LogP) is 1.05. The van der Waals surface area contributed by atoms with Crippen LogP contribution in [0.15, 0.2) is 18.5 Å². The van der Waals surface area contributed by atoms with Gasteiger partial charge in [0.15, 0.2) is 5.65 Å². The molecule has 6 nitrogen and oxygen atoms in total. The van der Waals surface area contributed by atoms with Crippen molar-refractivity contribution in [2.24, 2.45) is 5.92 Å². The first-order valence-corrected chi connectivity index (χ1v) is 8.77. The highest BCUT2D eigenvalue weighted by Gasteiger charge is 2.28. The van der Waals surface area contributed by atoms with Crippen LogP contribution in [0.4, 0.5) is 5.82 Å². The van der Waals surface area contributed by atoms with Gasteiger partial charge in [0.05, 0.1) is 0 Å². The van der Waals surface area contributed by atoms with E-state index >= 15 is 0 Å². The lowest BCUT2D eigenvalue weighted by Crippen LogP contribution is -2.52. The molecule has 2 saturated heterocycles. The first-order chi connectivity index (χ1) is 10.4. The molecule has 4 rings (SSSR count). The van der Waals surface area contributed by atoms with Crippen LogP contribution >= 0.6 is 11.8 Å². The maximum absolute atomic E-state index is 4.54. The van der Waals surface area contributed by atoms with Gasteiger partial charge in [0.2, 0.25) is 0 Å². The number of fused-ring (bicyclic) bond motifs is 1. The largest absolute Gasteiger partial charge is 0.354 e. The first-order valence-electron chi connectivity index (χ1n) is 7.61. The second-order valence-corrected chi connectivity index (χ2v) is 7.12. The fraction of sp³-hybridized carbons (Fsp3) is 0.643. The van der Waals surface area contributed by atoms with Crippen molar-refractivity contribution in [1.29, 1.82) is 0 Å². The number of hydrogen-bond donors (Lipinski definition) is 1. The van der Waals surface area contributed by atoms with E-state index in [1.807, 2.05) is 12.1 Å². The minimum absolute atomic E-state index is 0.742. The van der Waals surface area contributed by atoms with Gasteiger partial charge in [0, 0.05) is 31.6 Å². The standard InChI is InChI=1S/C14H20N6S/c1-2-14(18-20-10-16-17-13(1)20)19-8-11(9-19)7-15-12-3-5-21-6-4-12/h1-2,10-12,15H,3-9H2. The minimum Gasteiger partial charge on any atom is -0.354 e. The Hall–Kier alpha value is -1.34. The van der Waals surface area contributed by atoms with E-state index in [0.29, 0.717) is 0 Å². The van der Waals surface area contributed by atoms with E-state index in [-0.39, 0.29) is 0 Å². The Labute approximate surface area is 128 Å². The quantitative estimate of drug-likeness (QED) is 0.911. The van der Waals surface area contributed by atoms with Crippen LogP contribution in [0.2, 0.25) is 0 Å².